The molecule has 1 atom stereocenters. The molecule has 1 saturated heterocycles. The number of carbonyl (C=O) groups is 3. The molecule has 1 unspecified atom stereocenters. The number of nitrogens with one attached hydrogen (secondary N) is 2. The first kappa shape index (κ1) is 19.3. The van der Waals surface area contributed by atoms with Gasteiger partial charge in [0.2, 0.25) is 0 Å². The van der Waals surface area contributed by atoms with Crippen molar-refractivity contribution >= 4 is 29.3 Å². The van der Waals surface area contributed by atoms with Crippen LogP contribution >= 0.6 is 0 Å². The number of alkyl halides is 2. The Hall–Kier alpha value is -3.50. The number of hydrogen-bond acceptors (Lipinski definition) is 5. The van der Waals surface area contributed by atoms with E-state index < -0.39 is 36.1 Å². The second kappa shape index (κ2) is 8.03. The summed E-state index contributed by atoms with van der Waals surface area (Å²) in [6.07, 6.45) is -2.95. The third-order valence-corrected chi connectivity index (χ3v) is 3.95. The number of benzene rings is 1. The topological polar surface area (TPSA) is 106 Å². The molecule has 3 amide bonds. The molecule has 0 bridgehead atoms. The summed E-state index contributed by atoms with van der Waals surface area (Å²) in [5.41, 5.74) is -0.234. The van der Waals surface area contributed by atoms with Crippen molar-refractivity contribution in [1.82, 2.24) is 15.1 Å². The third-order valence-electron chi connectivity index (χ3n) is 3.95. The van der Waals surface area contributed by atoms with Crippen molar-refractivity contribution in [2.75, 3.05) is 23.3 Å². The molecular formula is C17H17F2N5O4. The minimum absolute atomic E-state index is 0.101. The maximum Gasteiger partial charge on any atom is 0.414 e. The normalized spacial score (nSPS) is 16.2. The number of amides is 3. The van der Waals surface area contributed by atoms with Crippen LogP contribution in [0.3, 0.4) is 0 Å². The van der Waals surface area contributed by atoms with Crippen molar-refractivity contribution in [3.05, 3.63) is 42.2 Å². The highest BCUT2D eigenvalue weighted by Gasteiger charge is 2.33. The second-order valence-electron chi connectivity index (χ2n) is 6.02. The lowest BCUT2D eigenvalue weighted by Crippen LogP contribution is -2.40. The molecule has 0 spiro atoms. The van der Waals surface area contributed by atoms with Crippen LogP contribution in [0, 0.1) is 0 Å². The highest BCUT2D eigenvalue weighted by Crippen LogP contribution is 2.25. The van der Waals surface area contributed by atoms with Crippen LogP contribution in [0.5, 0.6) is 0 Å². The SMILES string of the molecule is Cn1cc(NC(=O)C(=O)NCC2CN(c3ccccc3)C(=O)O2)c(C(F)F)n1. The lowest BCUT2D eigenvalue weighted by atomic mass is 10.2. The summed E-state index contributed by atoms with van der Waals surface area (Å²) in [6, 6.07) is 8.83. The molecule has 28 heavy (non-hydrogen) atoms. The number of para-hydroxylation sites is 1. The number of hydrogen-bond donors (Lipinski definition) is 2. The molecular weight excluding hydrogens is 376 g/mol. The number of halogens is 2. The van der Waals surface area contributed by atoms with E-state index in [9.17, 15) is 23.2 Å². The van der Waals surface area contributed by atoms with Gasteiger partial charge in [0.05, 0.1) is 18.8 Å². The minimum Gasteiger partial charge on any atom is -0.442 e. The number of carbonyl (C=O) groups excluding carboxylic acids is 3. The second-order valence-corrected chi connectivity index (χ2v) is 6.02. The highest BCUT2D eigenvalue weighted by atomic mass is 19.3. The van der Waals surface area contributed by atoms with E-state index in [1.165, 1.54) is 18.1 Å². The number of nitrogens with zero attached hydrogens (tertiary/aromatic N) is 3. The number of rotatable bonds is 5. The Labute approximate surface area is 158 Å². The Morgan fingerprint density at radius 3 is 2.68 bits per heavy atom. The molecule has 2 aromatic rings. The molecule has 0 saturated carbocycles. The van der Waals surface area contributed by atoms with E-state index in [1.54, 1.807) is 24.3 Å². The van der Waals surface area contributed by atoms with Crippen LogP contribution in [0.2, 0.25) is 0 Å². The lowest BCUT2D eigenvalue weighted by molar-refractivity contribution is -0.136. The molecule has 1 aliphatic heterocycles. The van der Waals surface area contributed by atoms with E-state index in [0.717, 1.165) is 4.68 Å². The summed E-state index contributed by atoms with van der Waals surface area (Å²) in [6.45, 7) is 0.0962. The van der Waals surface area contributed by atoms with Gasteiger partial charge in [-0.05, 0) is 12.1 Å². The van der Waals surface area contributed by atoms with Crippen molar-refractivity contribution in [2.24, 2.45) is 7.05 Å². The van der Waals surface area contributed by atoms with Crippen LogP contribution in [0.1, 0.15) is 12.1 Å². The van der Waals surface area contributed by atoms with E-state index in [0.29, 0.717) is 5.69 Å². The molecule has 9 nitrogen and oxygen atoms in total. The third kappa shape index (κ3) is 4.24. The molecule has 1 aromatic carbocycles. The Morgan fingerprint density at radius 1 is 1.29 bits per heavy atom. The molecule has 1 aromatic heterocycles. The summed E-state index contributed by atoms with van der Waals surface area (Å²) in [5.74, 6) is -2.17. The number of ether oxygens (including phenoxy) is 1. The van der Waals surface area contributed by atoms with Crippen molar-refractivity contribution in [2.45, 2.75) is 12.5 Å². The minimum atomic E-state index is -2.90. The van der Waals surface area contributed by atoms with Crippen molar-refractivity contribution in [1.29, 1.82) is 0 Å². The van der Waals surface area contributed by atoms with E-state index in [-0.39, 0.29) is 18.8 Å². The van der Waals surface area contributed by atoms with Gasteiger partial charge in [-0.15, -0.1) is 0 Å². The van der Waals surface area contributed by atoms with Crippen LogP contribution in [0.25, 0.3) is 0 Å². The fraction of sp³-hybridized carbons (Fsp3) is 0.294. The first-order valence-electron chi connectivity index (χ1n) is 8.29. The maximum atomic E-state index is 12.9. The van der Waals surface area contributed by atoms with Crippen LogP contribution in [-0.2, 0) is 21.4 Å². The smallest absolute Gasteiger partial charge is 0.414 e. The van der Waals surface area contributed by atoms with Gasteiger partial charge in [0.25, 0.3) is 6.43 Å². The zero-order valence-electron chi connectivity index (χ0n) is 14.8. The van der Waals surface area contributed by atoms with Gasteiger partial charge in [-0.2, -0.15) is 5.10 Å². The predicted octanol–water partition coefficient (Wildman–Crippen LogP) is 1.44. The molecule has 2 heterocycles. The van der Waals surface area contributed by atoms with Gasteiger partial charge in [0, 0.05) is 18.9 Å². The standard InChI is InChI=1S/C17H17F2N5O4/c1-23-9-12(13(22-23)14(18)19)21-16(26)15(25)20-7-11-8-24(17(27)28-11)10-5-3-2-4-6-10/h2-6,9,11,14H,7-8H2,1H3,(H,20,25)(H,21,26). The molecule has 148 valence electrons. The van der Waals surface area contributed by atoms with Crippen LogP contribution in [-0.4, -0.2) is 46.9 Å². The molecule has 1 aliphatic rings. The summed E-state index contributed by atoms with van der Waals surface area (Å²) < 4.78 is 32.0. The molecule has 3 rings (SSSR count). The Balaban J connectivity index is 1.53. The van der Waals surface area contributed by atoms with Crippen LogP contribution in [0.4, 0.5) is 25.0 Å². The maximum absolute atomic E-state index is 12.9. The van der Waals surface area contributed by atoms with Gasteiger partial charge in [0.15, 0.2) is 5.69 Å². The van der Waals surface area contributed by atoms with Gasteiger partial charge in [-0.3, -0.25) is 19.2 Å². The van der Waals surface area contributed by atoms with Gasteiger partial charge in [0.1, 0.15) is 6.10 Å². The molecule has 0 radical (unpaired) electrons. The van der Waals surface area contributed by atoms with Crippen molar-refractivity contribution in [3.8, 4) is 0 Å². The first-order chi connectivity index (χ1) is 13.3. The largest absolute Gasteiger partial charge is 0.442 e. The zero-order valence-corrected chi connectivity index (χ0v) is 14.8. The predicted molar refractivity (Wildman–Crippen MR) is 93.9 cm³/mol. The summed E-state index contributed by atoms with van der Waals surface area (Å²) in [5, 5.41) is 7.96. The quantitative estimate of drug-likeness (QED) is 0.748. The summed E-state index contributed by atoms with van der Waals surface area (Å²) in [7, 11) is 1.41. The van der Waals surface area contributed by atoms with Crippen molar-refractivity contribution < 1.29 is 27.9 Å². The first-order valence-corrected chi connectivity index (χ1v) is 8.29. The van der Waals surface area contributed by atoms with E-state index in [2.05, 4.69) is 15.7 Å². The zero-order chi connectivity index (χ0) is 20.3. The van der Waals surface area contributed by atoms with Crippen molar-refractivity contribution in [3.63, 3.8) is 0 Å². The van der Waals surface area contributed by atoms with E-state index in [1.807, 2.05) is 6.07 Å². The summed E-state index contributed by atoms with van der Waals surface area (Å²) >= 11 is 0. The van der Waals surface area contributed by atoms with Gasteiger partial charge >= 0.3 is 17.9 Å². The Morgan fingerprint density at radius 2 is 2.00 bits per heavy atom. The fourth-order valence-corrected chi connectivity index (χ4v) is 2.68. The van der Waals surface area contributed by atoms with Gasteiger partial charge in [-0.1, -0.05) is 18.2 Å². The molecule has 1 fully saturated rings. The van der Waals surface area contributed by atoms with Gasteiger partial charge < -0.3 is 15.4 Å². The summed E-state index contributed by atoms with van der Waals surface area (Å²) in [4.78, 5) is 37.2. The molecule has 11 heteroatoms. The average molecular weight is 393 g/mol. The van der Waals surface area contributed by atoms with Crippen LogP contribution < -0.4 is 15.5 Å². The molecule has 0 aliphatic carbocycles. The Bertz CT molecular complexity index is 887. The number of anilines is 2. The Kier molecular flexibility index (Phi) is 5.52. The highest BCUT2D eigenvalue weighted by molar-refractivity contribution is 6.39. The van der Waals surface area contributed by atoms with E-state index in [4.69, 9.17) is 4.74 Å². The van der Waals surface area contributed by atoms with E-state index >= 15 is 0 Å². The average Bonchev–Trinajstić information content (AvgIpc) is 3.22. The molecule has 2 N–H and O–H groups in total. The van der Waals surface area contributed by atoms with Gasteiger partial charge in [-0.25, -0.2) is 13.6 Å². The number of aryl methyl sites for hydroxylation is 1. The van der Waals surface area contributed by atoms with Crippen LogP contribution in [0.15, 0.2) is 36.5 Å². The lowest BCUT2D eigenvalue weighted by Gasteiger charge is -2.12. The number of aromatic nitrogens is 2. The monoisotopic (exact) mass is 393 g/mol. The number of cyclic esters (lactones) is 1. The fourth-order valence-electron chi connectivity index (χ4n) is 2.68.